The van der Waals surface area contributed by atoms with E-state index in [9.17, 15) is 0 Å². The minimum absolute atomic E-state index is 0.705. The van der Waals surface area contributed by atoms with Gasteiger partial charge in [0.1, 0.15) is 0 Å². The SMILES string of the molecule is CC1CN(CCC2CNc3ccccc32)CC(C)S1. The van der Waals surface area contributed by atoms with E-state index in [1.165, 1.54) is 37.3 Å². The number of anilines is 1. The van der Waals surface area contributed by atoms with E-state index in [1.54, 1.807) is 0 Å². The molecule has 1 aromatic carbocycles. The number of hydrogen-bond donors (Lipinski definition) is 1. The molecule has 3 unspecified atom stereocenters. The summed E-state index contributed by atoms with van der Waals surface area (Å²) in [4.78, 5) is 2.66. The maximum absolute atomic E-state index is 3.53. The Balaban J connectivity index is 1.56. The second kappa shape index (κ2) is 5.76. The highest BCUT2D eigenvalue weighted by Crippen LogP contribution is 2.34. The summed E-state index contributed by atoms with van der Waals surface area (Å²) >= 11 is 2.14. The predicted octanol–water partition coefficient (Wildman–Crippen LogP) is 3.41. The van der Waals surface area contributed by atoms with Crippen LogP contribution in [0.1, 0.15) is 31.7 Å². The Labute approximate surface area is 121 Å². The molecule has 3 rings (SSSR count). The van der Waals surface area contributed by atoms with Crippen molar-refractivity contribution >= 4 is 17.4 Å². The molecule has 104 valence electrons. The highest BCUT2D eigenvalue weighted by atomic mass is 32.2. The first-order valence-electron chi connectivity index (χ1n) is 7.43. The van der Waals surface area contributed by atoms with E-state index in [-0.39, 0.29) is 0 Å². The second-order valence-electron chi connectivity index (χ2n) is 5.97. The molecule has 2 heterocycles. The molecule has 2 aliphatic rings. The van der Waals surface area contributed by atoms with Crippen LogP contribution in [0, 0.1) is 0 Å². The molecule has 1 saturated heterocycles. The molecule has 1 fully saturated rings. The Morgan fingerprint density at radius 3 is 2.74 bits per heavy atom. The lowest BCUT2D eigenvalue weighted by Crippen LogP contribution is -2.41. The molecule has 0 saturated carbocycles. The van der Waals surface area contributed by atoms with Crippen LogP contribution in [-0.4, -0.2) is 41.6 Å². The molecule has 1 aromatic rings. The van der Waals surface area contributed by atoms with Crippen molar-refractivity contribution in [2.45, 2.75) is 36.7 Å². The van der Waals surface area contributed by atoms with Crippen molar-refractivity contribution in [2.24, 2.45) is 0 Å². The van der Waals surface area contributed by atoms with Gasteiger partial charge in [0.25, 0.3) is 0 Å². The van der Waals surface area contributed by atoms with Crippen LogP contribution in [0.25, 0.3) is 0 Å². The van der Waals surface area contributed by atoms with Crippen molar-refractivity contribution in [3.05, 3.63) is 29.8 Å². The summed E-state index contributed by atoms with van der Waals surface area (Å²) in [5.41, 5.74) is 2.87. The van der Waals surface area contributed by atoms with Crippen LogP contribution >= 0.6 is 11.8 Å². The zero-order chi connectivity index (χ0) is 13.2. The lowest BCUT2D eigenvalue weighted by Gasteiger charge is -2.35. The van der Waals surface area contributed by atoms with Gasteiger partial charge in [-0.1, -0.05) is 32.0 Å². The Bertz CT molecular complexity index is 425. The lowest BCUT2D eigenvalue weighted by molar-refractivity contribution is 0.262. The standard InChI is InChI=1S/C16H24N2S/c1-12-10-18(11-13(2)19-12)8-7-14-9-17-16-6-4-3-5-15(14)16/h3-6,12-14,17H,7-11H2,1-2H3. The van der Waals surface area contributed by atoms with E-state index in [4.69, 9.17) is 0 Å². The number of fused-ring (bicyclic) bond motifs is 1. The van der Waals surface area contributed by atoms with E-state index in [1.807, 2.05) is 0 Å². The van der Waals surface area contributed by atoms with Gasteiger partial charge in [-0.15, -0.1) is 0 Å². The van der Waals surface area contributed by atoms with E-state index in [2.05, 4.69) is 60.1 Å². The first-order chi connectivity index (χ1) is 9.22. The van der Waals surface area contributed by atoms with Gasteiger partial charge < -0.3 is 10.2 Å². The summed E-state index contributed by atoms with van der Waals surface area (Å²) in [7, 11) is 0. The van der Waals surface area contributed by atoms with E-state index < -0.39 is 0 Å². The van der Waals surface area contributed by atoms with Gasteiger partial charge in [0.05, 0.1) is 0 Å². The van der Waals surface area contributed by atoms with Gasteiger partial charge in [-0.3, -0.25) is 0 Å². The number of thioether (sulfide) groups is 1. The summed E-state index contributed by atoms with van der Waals surface area (Å²) in [6, 6.07) is 8.79. The number of benzene rings is 1. The maximum atomic E-state index is 3.53. The van der Waals surface area contributed by atoms with Gasteiger partial charge >= 0.3 is 0 Å². The molecule has 19 heavy (non-hydrogen) atoms. The molecule has 0 aromatic heterocycles. The fourth-order valence-electron chi connectivity index (χ4n) is 3.42. The third-order valence-electron chi connectivity index (χ3n) is 4.23. The van der Waals surface area contributed by atoms with Crippen molar-refractivity contribution in [1.29, 1.82) is 0 Å². The second-order valence-corrected chi connectivity index (χ2v) is 7.85. The lowest BCUT2D eigenvalue weighted by atomic mass is 9.97. The summed E-state index contributed by atoms with van der Waals surface area (Å²) in [6.45, 7) is 9.61. The molecule has 3 atom stereocenters. The topological polar surface area (TPSA) is 15.3 Å². The van der Waals surface area contributed by atoms with Crippen molar-refractivity contribution in [2.75, 3.05) is 31.5 Å². The molecule has 0 spiro atoms. The van der Waals surface area contributed by atoms with E-state index in [0.29, 0.717) is 5.92 Å². The molecule has 2 nitrogen and oxygen atoms in total. The van der Waals surface area contributed by atoms with Gasteiger partial charge in [-0.2, -0.15) is 11.8 Å². The summed E-state index contributed by atoms with van der Waals surface area (Å²) < 4.78 is 0. The van der Waals surface area contributed by atoms with Crippen molar-refractivity contribution in [1.82, 2.24) is 4.90 Å². The minimum atomic E-state index is 0.705. The van der Waals surface area contributed by atoms with Crippen molar-refractivity contribution < 1.29 is 0 Å². The minimum Gasteiger partial charge on any atom is -0.384 e. The van der Waals surface area contributed by atoms with Gasteiger partial charge in [0.15, 0.2) is 0 Å². The quantitative estimate of drug-likeness (QED) is 0.911. The summed E-state index contributed by atoms with van der Waals surface area (Å²) in [6.07, 6.45) is 1.29. The van der Waals surface area contributed by atoms with Crippen LogP contribution in [0.3, 0.4) is 0 Å². The smallest absolute Gasteiger partial charge is 0.0376 e. The van der Waals surface area contributed by atoms with Crippen LogP contribution in [0.15, 0.2) is 24.3 Å². The Morgan fingerprint density at radius 1 is 1.21 bits per heavy atom. The summed E-state index contributed by atoms with van der Waals surface area (Å²) in [5, 5.41) is 5.11. The number of rotatable bonds is 3. The molecular formula is C16H24N2S. The highest BCUT2D eigenvalue weighted by molar-refractivity contribution is 8.00. The van der Waals surface area contributed by atoms with Crippen LogP contribution in [0.2, 0.25) is 0 Å². The van der Waals surface area contributed by atoms with Gasteiger partial charge in [-0.25, -0.2) is 0 Å². The highest BCUT2D eigenvalue weighted by Gasteiger charge is 2.25. The van der Waals surface area contributed by atoms with Crippen molar-refractivity contribution in [3.63, 3.8) is 0 Å². The Hall–Kier alpha value is -0.670. The van der Waals surface area contributed by atoms with Crippen LogP contribution in [-0.2, 0) is 0 Å². The van der Waals surface area contributed by atoms with Gasteiger partial charge in [0.2, 0.25) is 0 Å². The average molecular weight is 276 g/mol. The van der Waals surface area contributed by atoms with Crippen molar-refractivity contribution in [3.8, 4) is 0 Å². The van der Waals surface area contributed by atoms with E-state index >= 15 is 0 Å². The average Bonchev–Trinajstić information content (AvgIpc) is 2.78. The molecule has 3 heteroatoms. The third-order valence-corrected chi connectivity index (χ3v) is 5.46. The van der Waals surface area contributed by atoms with E-state index in [0.717, 1.165) is 17.0 Å². The zero-order valence-corrected chi connectivity index (χ0v) is 12.7. The first kappa shape index (κ1) is 13.3. The predicted molar refractivity (Wildman–Crippen MR) is 85.2 cm³/mol. The molecule has 0 radical (unpaired) electrons. The zero-order valence-electron chi connectivity index (χ0n) is 11.9. The largest absolute Gasteiger partial charge is 0.384 e. The maximum Gasteiger partial charge on any atom is 0.0376 e. The molecule has 1 N–H and O–H groups in total. The van der Waals surface area contributed by atoms with Gasteiger partial charge in [-0.05, 0) is 24.6 Å². The molecule has 2 aliphatic heterocycles. The molecule has 0 aliphatic carbocycles. The molecular weight excluding hydrogens is 252 g/mol. The van der Waals surface area contributed by atoms with Crippen LogP contribution in [0.5, 0.6) is 0 Å². The molecule has 0 bridgehead atoms. The molecule has 0 amide bonds. The van der Waals surface area contributed by atoms with Gasteiger partial charge in [0, 0.05) is 41.7 Å². The number of hydrogen-bond acceptors (Lipinski definition) is 3. The Kier molecular flexibility index (Phi) is 4.04. The monoisotopic (exact) mass is 276 g/mol. The van der Waals surface area contributed by atoms with Crippen LogP contribution in [0.4, 0.5) is 5.69 Å². The fraction of sp³-hybridized carbons (Fsp3) is 0.625. The third kappa shape index (κ3) is 3.09. The fourth-order valence-corrected chi connectivity index (χ4v) is 4.81. The normalized spacial score (nSPS) is 30.9. The number of nitrogens with one attached hydrogen (secondary N) is 1. The first-order valence-corrected chi connectivity index (χ1v) is 8.37. The number of nitrogens with zero attached hydrogens (tertiary/aromatic N) is 1. The van der Waals surface area contributed by atoms with Crippen LogP contribution < -0.4 is 5.32 Å². The number of para-hydroxylation sites is 1. The summed E-state index contributed by atoms with van der Waals surface area (Å²) in [5.74, 6) is 0.705. The Morgan fingerprint density at radius 2 is 1.95 bits per heavy atom.